The highest BCUT2D eigenvalue weighted by Crippen LogP contribution is 2.24. The second-order valence-electron chi connectivity index (χ2n) is 5.29. The second kappa shape index (κ2) is 6.90. The number of carbonyl (C=O) groups is 2. The summed E-state index contributed by atoms with van der Waals surface area (Å²) < 4.78 is 10.1. The number of nitrogens with zero attached hydrogens (tertiary/aromatic N) is 2. The van der Waals surface area contributed by atoms with Gasteiger partial charge in [0.05, 0.1) is 26.2 Å². The van der Waals surface area contributed by atoms with Crippen LogP contribution in [0, 0.1) is 5.92 Å². The zero-order chi connectivity index (χ0) is 14.5. The van der Waals surface area contributed by atoms with Gasteiger partial charge in [0, 0.05) is 32.2 Å². The summed E-state index contributed by atoms with van der Waals surface area (Å²) in [4.78, 5) is 26.9. The Bertz CT molecular complexity index is 357. The Morgan fingerprint density at radius 1 is 1.30 bits per heavy atom. The van der Waals surface area contributed by atoms with Crippen molar-refractivity contribution < 1.29 is 24.2 Å². The molecule has 0 aromatic rings. The fourth-order valence-electron chi connectivity index (χ4n) is 2.89. The lowest BCUT2D eigenvalue weighted by molar-refractivity contribution is -0.144. The van der Waals surface area contributed by atoms with E-state index in [-0.39, 0.29) is 18.1 Å². The lowest BCUT2D eigenvalue weighted by atomic mass is 9.90. The quantitative estimate of drug-likeness (QED) is 0.801. The van der Waals surface area contributed by atoms with Crippen LogP contribution in [0.1, 0.15) is 12.8 Å². The number of methoxy groups -OCH3 is 1. The normalized spacial score (nSPS) is 28.1. The predicted molar refractivity (Wildman–Crippen MR) is 70.5 cm³/mol. The second-order valence-corrected chi connectivity index (χ2v) is 5.29. The van der Waals surface area contributed by atoms with Crippen molar-refractivity contribution in [2.75, 3.05) is 46.5 Å². The molecule has 2 rings (SSSR count). The lowest BCUT2D eigenvalue weighted by Gasteiger charge is -2.40. The first-order chi connectivity index (χ1) is 9.61. The molecule has 0 aromatic carbocycles. The molecule has 1 amide bonds. The zero-order valence-electron chi connectivity index (χ0n) is 11.8. The molecule has 0 radical (unpaired) electrons. The van der Waals surface area contributed by atoms with Crippen LogP contribution in [-0.4, -0.2) is 79.5 Å². The van der Waals surface area contributed by atoms with E-state index in [1.807, 2.05) is 0 Å². The molecule has 20 heavy (non-hydrogen) atoms. The Balaban J connectivity index is 2.00. The summed E-state index contributed by atoms with van der Waals surface area (Å²) >= 11 is 0. The van der Waals surface area contributed by atoms with Gasteiger partial charge in [0.1, 0.15) is 0 Å². The molecule has 2 unspecified atom stereocenters. The van der Waals surface area contributed by atoms with Gasteiger partial charge in [-0.2, -0.15) is 0 Å². The smallest absolute Gasteiger partial charge is 0.409 e. The first kappa shape index (κ1) is 15.1. The van der Waals surface area contributed by atoms with Crippen LogP contribution in [0.4, 0.5) is 4.79 Å². The maximum atomic E-state index is 11.8. The molecular formula is C13H22N2O5. The van der Waals surface area contributed by atoms with Gasteiger partial charge in [0.15, 0.2) is 0 Å². The average molecular weight is 286 g/mol. The van der Waals surface area contributed by atoms with Crippen molar-refractivity contribution in [1.29, 1.82) is 0 Å². The third kappa shape index (κ3) is 3.61. The molecular weight excluding hydrogens is 264 g/mol. The third-order valence-electron chi connectivity index (χ3n) is 4.05. The Morgan fingerprint density at radius 2 is 2.00 bits per heavy atom. The van der Waals surface area contributed by atoms with Crippen LogP contribution in [0.25, 0.3) is 0 Å². The summed E-state index contributed by atoms with van der Waals surface area (Å²) in [5.41, 5.74) is 0. The fraction of sp³-hybridized carbons (Fsp3) is 0.846. The van der Waals surface area contributed by atoms with Crippen LogP contribution in [-0.2, 0) is 14.3 Å². The van der Waals surface area contributed by atoms with E-state index in [1.165, 1.54) is 7.11 Å². The van der Waals surface area contributed by atoms with Gasteiger partial charge >= 0.3 is 12.1 Å². The van der Waals surface area contributed by atoms with Gasteiger partial charge in [-0.1, -0.05) is 0 Å². The standard InChI is InChI=1S/C13H22N2O5/c1-19-13(18)15-3-2-10(12(16)17)8-11(15)9-14-4-6-20-7-5-14/h10-11H,2-9H2,1H3,(H,16,17). The molecule has 2 fully saturated rings. The SMILES string of the molecule is COC(=O)N1CCC(C(=O)O)CC1CN1CCOCC1. The Hall–Kier alpha value is -1.34. The molecule has 0 saturated carbocycles. The van der Waals surface area contributed by atoms with E-state index in [0.29, 0.717) is 39.1 Å². The molecule has 2 atom stereocenters. The van der Waals surface area contributed by atoms with Crippen molar-refractivity contribution in [3.63, 3.8) is 0 Å². The number of morpholine rings is 1. The minimum absolute atomic E-state index is 0.101. The van der Waals surface area contributed by atoms with Gasteiger partial charge in [-0.3, -0.25) is 9.69 Å². The maximum Gasteiger partial charge on any atom is 0.409 e. The number of carboxylic acids is 1. The van der Waals surface area contributed by atoms with Crippen LogP contribution in [0.3, 0.4) is 0 Å². The molecule has 2 aliphatic heterocycles. The van der Waals surface area contributed by atoms with E-state index >= 15 is 0 Å². The molecule has 7 nitrogen and oxygen atoms in total. The van der Waals surface area contributed by atoms with Gasteiger partial charge in [-0.25, -0.2) is 4.79 Å². The maximum absolute atomic E-state index is 11.8. The van der Waals surface area contributed by atoms with Crippen molar-refractivity contribution >= 4 is 12.1 Å². The molecule has 2 saturated heterocycles. The molecule has 114 valence electrons. The summed E-state index contributed by atoms with van der Waals surface area (Å²) in [7, 11) is 1.36. The number of hydrogen-bond acceptors (Lipinski definition) is 5. The molecule has 0 spiro atoms. The van der Waals surface area contributed by atoms with E-state index in [9.17, 15) is 14.7 Å². The van der Waals surface area contributed by atoms with Gasteiger partial charge in [0.25, 0.3) is 0 Å². The number of amides is 1. The topological polar surface area (TPSA) is 79.3 Å². The number of carbonyl (C=O) groups excluding carboxylic acids is 1. The zero-order valence-corrected chi connectivity index (χ0v) is 11.8. The predicted octanol–water partition coefficient (Wildman–Crippen LogP) is 0.250. The minimum Gasteiger partial charge on any atom is -0.481 e. The molecule has 0 aliphatic carbocycles. The van der Waals surface area contributed by atoms with Crippen molar-refractivity contribution in [1.82, 2.24) is 9.80 Å². The molecule has 7 heteroatoms. The molecule has 1 N–H and O–H groups in total. The molecule has 2 aliphatic rings. The highest BCUT2D eigenvalue weighted by atomic mass is 16.5. The number of piperidine rings is 1. The first-order valence-electron chi connectivity index (χ1n) is 6.99. The summed E-state index contributed by atoms with van der Waals surface area (Å²) in [5, 5.41) is 9.18. The van der Waals surface area contributed by atoms with Crippen molar-refractivity contribution in [2.24, 2.45) is 5.92 Å². The number of rotatable bonds is 3. The first-order valence-corrected chi connectivity index (χ1v) is 6.99. The fourth-order valence-corrected chi connectivity index (χ4v) is 2.89. The van der Waals surface area contributed by atoms with Crippen molar-refractivity contribution in [3.8, 4) is 0 Å². The van der Waals surface area contributed by atoms with E-state index in [1.54, 1.807) is 4.90 Å². The third-order valence-corrected chi connectivity index (χ3v) is 4.05. The number of likely N-dealkylation sites (tertiary alicyclic amines) is 1. The van der Waals surface area contributed by atoms with E-state index in [4.69, 9.17) is 9.47 Å². The molecule has 0 aromatic heterocycles. The van der Waals surface area contributed by atoms with Gasteiger partial charge in [0.2, 0.25) is 0 Å². The van der Waals surface area contributed by atoms with Gasteiger partial charge in [-0.05, 0) is 12.8 Å². The van der Waals surface area contributed by atoms with Crippen LogP contribution in [0.2, 0.25) is 0 Å². The lowest BCUT2D eigenvalue weighted by Crippen LogP contribution is -2.53. The van der Waals surface area contributed by atoms with E-state index in [2.05, 4.69) is 4.90 Å². The Morgan fingerprint density at radius 3 is 2.60 bits per heavy atom. The van der Waals surface area contributed by atoms with E-state index in [0.717, 1.165) is 13.1 Å². The van der Waals surface area contributed by atoms with E-state index < -0.39 is 5.97 Å². The molecule has 0 bridgehead atoms. The number of aliphatic carboxylic acids is 1. The monoisotopic (exact) mass is 286 g/mol. The summed E-state index contributed by atoms with van der Waals surface area (Å²) in [6.07, 6.45) is 0.610. The highest BCUT2D eigenvalue weighted by molar-refractivity contribution is 5.72. The summed E-state index contributed by atoms with van der Waals surface area (Å²) in [6, 6.07) is -0.101. The van der Waals surface area contributed by atoms with Gasteiger partial charge < -0.3 is 19.5 Å². The number of ether oxygens (including phenoxy) is 2. The number of carboxylic acid groups (broad SMARTS) is 1. The van der Waals surface area contributed by atoms with Crippen LogP contribution < -0.4 is 0 Å². The largest absolute Gasteiger partial charge is 0.481 e. The van der Waals surface area contributed by atoms with Crippen molar-refractivity contribution in [2.45, 2.75) is 18.9 Å². The van der Waals surface area contributed by atoms with Gasteiger partial charge in [-0.15, -0.1) is 0 Å². The Kier molecular flexibility index (Phi) is 5.19. The Labute approximate surface area is 118 Å². The average Bonchev–Trinajstić information content (AvgIpc) is 2.47. The summed E-state index contributed by atoms with van der Waals surface area (Å²) in [5.74, 6) is -1.15. The minimum atomic E-state index is -0.776. The summed E-state index contributed by atoms with van der Waals surface area (Å²) in [6.45, 7) is 4.15. The van der Waals surface area contributed by atoms with Crippen molar-refractivity contribution in [3.05, 3.63) is 0 Å². The highest BCUT2D eigenvalue weighted by Gasteiger charge is 2.36. The molecule has 2 heterocycles. The van der Waals surface area contributed by atoms with Crippen LogP contribution in [0.15, 0.2) is 0 Å². The van der Waals surface area contributed by atoms with Crippen LogP contribution >= 0.6 is 0 Å². The van der Waals surface area contributed by atoms with Crippen LogP contribution in [0.5, 0.6) is 0 Å². The number of hydrogen-bond donors (Lipinski definition) is 1.